The summed E-state index contributed by atoms with van der Waals surface area (Å²) in [7, 11) is 3.12. The molecule has 3 aromatic carbocycles. The fourth-order valence-corrected chi connectivity index (χ4v) is 14.0. The Morgan fingerprint density at radius 2 is 1.64 bits per heavy atom. The van der Waals surface area contributed by atoms with Crippen molar-refractivity contribution in [3.8, 4) is 29.6 Å². The molecule has 20 heteroatoms. The Bertz CT molecular complexity index is 3430. The number of alkyl halides is 2. The minimum atomic E-state index is -2.77. The molecule has 6 fully saturated rings. The third-order valence-corrected chi connectivity index (χ3v) is 18.2. The number of carbonyl (C=O) groups is 3. The van der Waals surface area contributed by atoms with Crippen LogP contribution in [0.2, 0.25) is 0 Å². The topological polar surface area (TPSA) is 160 Å². The third kappa shape index (κ3) is 10.3. The molecule has 10 heterocycles. The van der Waals surface area contributed by atoms with Gasteiger partial charge in [-0.25, -0.2) is 27.3 Å². The summed E-state index contributed by atoms with van der Waals surface area (Å²) >= 11 is 0. The van der Waals surface area contributed by atoms with Gasteiger partial charge in [0.05, 0.1) is 59.1 Å². The molecule has 0 bridgehead atoms. The number of fused-ring (bicyclic) bond motifs is 5. The predicted octanol–water partition coefficient (Wildman–Crippen LogP) is 9.71. The third-order valence-electron chi connectivity index (χ3n) is 18.2. The zero-order valence-corrected chi connectivity index (χ0v) is 45.3. The minimum absolute atomic E-state index is 0. The first-order valence-electron chi connectivity index (χ1n) is 28.3. The van der Waals surface area contributed by atoms with E-state index in [0.717, 1.165) is 74.7 Å². The molecule has 428 valence electrons. The quantitative estimate of drug-likeness (QED) is 0.0873. The number of halogens is 4. The molecule has 6 saturated heterocycles. The summed E-state index contributed by atoms with van der Waals surface area (Å²) in [6.45, 7) is 6.30. The van der Waals surface area contributed by atoms with Crippen LogP contribution in [0.3, 0.4) is 0 Å². The number of terminal acetylenes is 1. The van der Waals surface area contributed by atoms with Crippen LogP contribution in [0.1, 0.15) is 107 Å². The molecule has 6 aromatic rings. The van der Waals surface area contributed by atoms with Crippen molar-refractivity contribution in [2.75, 3.05) is 82.5 Å². The Balaban J connectivity index is 0.000000170. The van der Waals surface area contributed by atoms with Crippen molar-refractivity contribution < 1.29 is 46.2 Å². The Kier molecular flexibility index (Phi) is 15.6. The average molecular weight is 1120 g/mol. The van der Waals surface area contributed by atoms with Crippen LogP contribution in [-0.2, 0) is 32.5 Å². The van der Waals surface area contributed by atoms with Crippen LogP contribution < -0.4 is 19.9 Å². The van der Waals surface area contributed by atoms with Crippen molar-refractivity contribution in [1.29, 1.82) is 0 Å². The summed E-state index contributed by atoms with van der Waals surface area (Å²) in [5.74, 6) is -3.20. The number of rotatable bonds is 8. The van der Waals surface area contributed by atoms with E-state index >= 15 is 13.2 Å². The van der Waals surface area contributed by atoms with E-state index in [9.17, 15) is 18.8 Å². The Morgan fingerprint density at radius 1 is 0.889 bits per heavy atom. The van der Waals surface area contributed by atoms with Crippen LogP contribution in [0, 0.1) is 35.8 Å². The van der Waals surface area contributed by atoms with E-state index in [0.29, 0.717) is 111 Å². The van der Waals surface area contributed by atoms with Crippen LogP contribution in [0.25, 0.3) is 43.8 Å². The average Bonchev–Trinajstić information content (AvgIpc) is 3.99. The first-order valence-corrected chi connectivity index (χ1v) is 28.3. The number of aromatic nitrogens is 5. The largest absolute Gasteiger partial charge is 0.461 e. The summed E-state index contributed by atoms with van der Waals surface area (Å²) in [5, 5.41) is 9.64. The Morgan fingerprint density at radius 3 is 2.37 bits per heavy atom. The van der Waals surface area contributed by atoms with Gasteiger partial charge in [-0.1, -0.05) is 37.6 Å². The molecule has 2 atom stereocenters. The Hall–Kier alpha value is -7.11. The molecule has 7 aliphatic rings. The molecular weight excluding hydrogens is 1040 g/mol. The summed E-state index contributed by atoms with van der Waals surface area (Å²) in [6.07, 6.45) is 14.1. The number of imide groups is 1. The number of hydrogen-bond donors (Lipinski definition) is 1. The van der Waals surface area contributed by atoms with Crippen LogP contribution in [0.5, 0.6) is 6.01 Å². The van der Waals surface area contributed by atoms with Gasteiger partial charge in [0.1, 0.15) is 29.5 Å². The number of ether oxygens (including phenoxy) is 3. The van der Waals surface area contributed by atoms with Gasteiger partial charge in [0, 0.05) is 86.7 Å². The molecule has 7 aliphatic heterocycles. The number of amides is 3. The SMILES string of the molecule is C.C#Cc1c(F)ccc2cccc(-c3nc4c5c(nc(OCC67CCCN6CCC7)nc5c3F)N3CCCOCC3CC4)c12.COC(=O)N1CCC(C(F)(F)C2CCN(c3ccc4c(C5CCC(=O)NC5=O)nn(C)c4c3)CC2)CC1. The highest BCUT2D eigenvalue weighted by Crippen LogP contribution is 2.46. The van der Waals surface area contributed by atoms with E-state index in [-0.39, 0.29) is 72.9 Å². The van der Waals surface area contributed by atoms with E-state index in [1.165, 1.54) is 18.1 Å². The molecular formula is C61H70F4N10O6. The lowest BCUT2D eigenvalue weighted by Crippen LogP contribution is -2.48. The highest BCUT2D eigenvalue weighted by molar-refractivity contribution is 6.04. The summed E-state index contributed by atoms with van der Waals surface area (Å²) in [5.41, 5.74) is 3.99. The second-order valence-electron chi connectivity index (χ2n) is 22.6. The molecule has 0 aliphatic carbocycles. The molecule has 16 nitrogen and oxygen atoms in total. The van der Waals surface area contributed by atoms with Crippen molar-refractivity contribution in [3.63, 3.8) is 0 Å². The first-order chi connectivity index (χ1) is 38.7. The molecule has 1 N–H and O–H groups in total. The van der Waals surface area contributed by atoms with Crippen LogP contribution in [-0.4, -0.2) is 143 Å². The second-order valence-corrected chi connectivity index (χ2v) is 22.6. The molecule has 0 radical (unpaired) electrons. The van der Waals surface area contributed by atoms with Gasteiger partial charge < -0.3 is 28.9 Å². The van der Waals surface area contributed by atoms with Crippen molar-refractivity contribution in [2.45, 2.75) is 114 Å². The van der Waals surface area contributed by atoms with Crippen LogP contribution in [0.4, 0.5) is 33.9 Å². The maximum absolute atomic E-state index is 16.9. The number of methoxy groups -OCH3 is 1. The first kappa shape index (κ1) is 55.8. The molecule has 3 aromatic heterocycles. The highest BCUT2D eigenvalue weighted by atomic mass is 19.3. The zero-order chi connectivity index (χ0) is 55.5. The van der Waals surface area contributed by atoms with Gasteiger partial charge in [-0.15, -0.1) is 6.42 Å². The fourth-order valence-electron chi connectivity index (χ4n) is 14.0. The second kappa shape index (κ2) is 22.7. The van der Waals surface area contributed by atoms with Gasteiger partial charge in [-0.05, 0) is 120 Å². The standard InChI is InChI=1S/C34H33F2N5O2.C26H33F2N5O4.CH4/c1-2-23-25(35)11-9-21-7-3-8-24(27(21)23)30-29(36)31-28-26(37-30)12-10-22-19-42-18-6-17-41(22)32(28)39-33(38-31)43-20-34-13-4-15-40(34)16-5-14-34;1-31-21-15-18(3-4-19(21)23(30-31)20-5-6-22(34)29-24(20)35)32-11-7-16(8-12-32)26(27,28)17-9-13-33(14-10-17)25(36)37-2;/h1,3,7-9,11,22H,4-6,10,12-20H2;3-4,15-17,20H,5-14H2,1-2H3,(H,29,34,35);1H4. The van der Waals surface area contributed by atoms with Gasteiger partial charge in [0.15, 0.2) is 5.82 Å². The monoisotopic (exact) mass is 1110 g/mol. The maximum atomic E-state index is 16.9. The molecule has 81 heavy (non-hydrogen) atoms. The number of aryl methyl sites for hydroxylation is 2. The number of pyridine rings is 1. The zero-order valence-electron chi connectivity index (χ0n) is 45.3. The van der Waals surface area contributed by atoms with Crippen molar-refractivity contribution in [1.82, 2.24) is 39.8 Å². The van der Waals surface area contributed by atoms with E-state index in [4.69, 9.17) is 35.6 Å². The molecule has 0 saturated carbocycles. The number of likely N-dealkylation sites (tertiary alicyclic amines) is 1. The number of benzene rings is 3. The van der Waals surface area contributed by atoms with Crippen molar-refractivity contribution >= 4 is 62.0 Å². The summed E-state index contributed by atoms with van der Waals surface area (Å²) < 4.78 is 81.4. The maximum Gasteiger partial charge on any atom is 0.409 e. The molecule has 3 amide bonds. The fraction of sp³-hybridized carbons (Fsp3) is 0.525. The lowest BCUT2D eigenvalue weighted by atomic mass is 9.79. The number of nitrogens with one attached hydrogen (secondary N) is 1. The normalized spacial score (nSPS) is 21.6. The van der Waals surface area contributed by atoms with Crippen LogP contribution >= 0.6 is 0 Å². The van der Waals surface area contributed by atoms with Crippen molar-refractivity contribution in [3.05, 3.63) is 77.1 Å². The van der Waals surface area contributed by atoms with E-state index in [1.54, 1.807) is 16.8 Å². The Labute approximate surface area is 468 Å². The smallest absolute Gasteiger partial charge is 0.409 e. The lowest BCUT2D eigenvalue weighted by Gasteiger charge is -2.42. The van der Waals surface area contributed by atoms with Crippen LogP contribution in [0.15, 0.2) is 48.5 Å². The van der Waals surface area contributed by atoms with Gasteiger partial charge in [-0.2, -0.15) is 15.1 Å². The summed E-state index contributed by atoms with van der Waals surface area (Å²) in [4.78, 5) is 58.6. The molecule has 0 spiro atoms. The van der Waals surface area contributed by atoms with E-state index in [1.807, 2.05) is 37.4 Å². The van der Waals surface area contributed by atoms with Gasteiger partial charge >= 0.3 is 12.1 Å². The molecule has 13 rings (SSSR count). The van der Waals surface area contributed by atoms with Gasteiger partial charge in [0.2, 0.25) is 11.8 Å². The number of anilines is 2. The predicted molar refractivity (Wildman–Crippen MR) is 300 cm³/mol. The van der Waals surface area contributed by atoms with Crippen molar-refractivity contribution in [2.24, 2.45) is 18.9 Å². The highest BCUT2D eigenvalue weighted by Gasteiger charge is 2.49. The van der Waals surface area contributed by atoms with E-state index < -0.39 is 41.4 Å². The minimum Gasteiger partial charge on any atom is -0.461 e. The van der Waals surface area contributed by atoms with Gasteiger partial charge in [0.25, 0.3) is 5.92 Å². The van der Waals surface area contributed by atoms with Gasteiger partial charge in [-0.3, -0.25) is 24.5 Å². The summed E-state index contributed by atoms with van der Waals surface area (Å²) in [6, 6.07) is 14.6. The molecule has 2 unspecified atom stereocenters. The number of nitrogens with zero attached hydrogens (tertiary/aromatic N) is 9. The number of piperidine rings is 3. The number of carbonyl (C=O) groups excluding carboxylic acids is 3. The lowest BCUT2D eigenvalue weighted by molar-refractivity contribution is -0.134. The van der Waals surface area contributed by atoms with E-state index in [2.05, 4.69) is 31.0 Å². The number of hydrogen-bond acceptors (Lipinski definition) is 13.